The van der Waals surface area contributed by atoms with E-state index in [1.807, 2.05) is 24.3 Å². The number of hydrogen-bond donors (Lipinski definition) is 0. The van der Waals surface area contributed by atoms with Crippen LogP contribution in [0.2, 0.25) is 0 Å². The number of imidazole rings is 1. The van der Waals surface area contributed by atoms with Crippen molar-refractivity contribution in [3.05, 3.63) is 53.9 Å². The molecule has 1 aliphatic heterocycles. The zero-order valence-corrected chi connectivity index (χ0v) is 14.7. The molecule has 0 saturated carbocycles. The Morgan fingerprint density at radius 1 is 1.00 bits per heavy atom. The summed E-state index contributed by atoms with van der Waals surface area (Å²) in [7, 11) is 0. The molecule has 4 rings (SSSR count). The number of fused-ring (bicyclic) bond motifs is 3. The monoisotopic (exact) mass is 330 g/mol. The summed E-state index contributed by atoms with van der Waals surface area (Å²) in [6, 6.07) is 17.0. The fourth-order valence-electron chi connectivity index (χ4n) is 3.64. The minimum Gasteiger partial charge on any atom is -0.327 e. The highest BCUT2D eigenvalue weighted by molar-refractivity contribution is 5.82. The van der Waals surface area contributed by atoms with E-state index in [-0.39, 0.29) is 0 Å². The maximum atomic E-state index is 8.94. The topological polar surface area (TPSA) is 44.9 Å². The third-order valence-corrected chi connectivity index (χ3v) is 5.14. The molecule has 25 heavy (non-hydrogen) atoms. The van der Waals surface area contributed by atoms with Crippen molar-refractivity contribution >= 4 is 11.0 Å². The van der Waals surface area contributed by atoms with E-state index >= 15 is 0 Å². The standard InChI is InChI=1S/C21H22N4/c1-15(2)24-10-9-21-23-19-13-18(7-8-20(19)25(21)12-11-24)17-5-3-16(14-22)4-6-17/h3-8,13,15H,9-12H2,1-2H3. The van der Waals surface area contributed by atoms with Crippen molar-refractivity contribution in [2.45, 2.75) is 32.9 Å². The average Bonchev–Trinajstić information content (AvgIpc) is 2.84. The summed E-state index contributed by atoms with van der Waals surface area (Å²) in [6.07, 6.45) is 0.999. The Labute approximate surface area is 148 Å². The molecule has 4 nitrogen and oxygen atoms in total. The predicted octanol–water partition coefficient (Wildman–Crippen LogP) is 3.84. The zero-order chi connectivity index (χ0) is 17.4. The van der Waals surface area contributed by atoms with Crippen molar-refractivity contribution in [2.24, 2.45) is 0 Å². The zero-order valence-electron chi connectivity index (χ0n) is 14.7. The van der Waals surface area contributed by atoms with Crippen LogP contribution in [0, 0.1) is 11.3 Å². The van der Waals surface area contributed by atoms with Crippen LogP contribution in [0.1, 0.15) is 25.2 Å². The van der Waals surface area contributed by atoms with Gasteiger partial charge in [0.25, 0.3) is 0 Å². The van der Waals surface area contributed by atoms with E-state index in [1.54, 1.807) is 0 Å². The van der Waals surface area contributed by atoms with Crippen molar-refractivity contribution in [2.75, 3.05) is 13.1 Å². The van der Waals surface area contributed by atoms with Crippen LogP contribution in [0.4, 0.5) is 0 Å². The molecule has 0 aliphatic carbocycles. The number of hydrogen-bond acceptors (Lipinski definition) is 3. The summed E-state index contributed by atoms with van der Waals surface area (Å²) in [5, 5.41) is 8.94. The number of rotatable bonds is 2. The summed E-state index contributed by atoms with van der Waals surface area (Å²) in [5.74, 6) is 1.19. The average molecular weight is 330 g/mol. The van der Waals surface area contributed by atoms with Crippen LogP contribution in [0.25, 0.3) is 22.2 Å². The molecule has 0 amide bonds. The van der Waals surface area contributed by atoms with E-state index in [9.17, 15) is 0 Å². The van der Waals surface area contributed by atoms with E-state index in [0.717, 1.165) is 42.7 Å². The summed E-state index contributed by atoms with van der Waals surface area (Å²) >= 11 is 0. The van der Waals surface area contributed by atoms with Gasteiger partial charge in [-0.25, -0.2) is 4.98 Å². The second-order valence-corrected chi connectivity index (χ2v) is 6.95. The van der Waals surface area contributed by atoms with Gasteiger partial charge in [0.2, 0.25) is 0 Å². The Morgan fingerprint density at radius 2 is 1.76 bits per heavy atom. The van der Waals surface area contributed by atoms with Gasteiger partial charge >= 0.3 is 0 Å². The molecule has 0 N–H and O–H groups in total. The molecule has 3 aromatic rings. The number of nitrogens with zero attached hydrogens (tertiary/aromatic N) is 4. The third-order valence-electron chi connectivity index (χ3n) is 5.14. The quantitative estimate of drug-likeness (QED) is 0.717. The Bertz CT molecular complexity index is 944. The summed E-state index contributed by atoms with van der Waals surface area (Å²) in [6.45, 7) is 7.67. The Kier molecular flexibility index (Phi) is 4.03. The highest BCUT2D eigenvalue weighted by Crippen LogP contribution is 2.26. The molecule has 0 atom stereocenters. The molecule has 4 heteroatoms. The highest BCUT2D eigenvalue weighted by atomic mass is 15.2. The van der Waals surface area contributed by atoms with Crippen LogP contribution < -0.4 is 0 Å². The van der Waals surface area contributed by atoms with Crippen LogP contribution in [0.15, 0.2) is 42.5 Å². The second-order valence-electron chi connectivity index (χ2n) is 6.95. The van der Waals surface area contributed by atoms with Crippen LogP contribution in [-0.2, 0) is 13.0 Å². The number of benzene rings is 2. The molecule has 126 valence electrons. The molecule has 0 bridgehead atoms. The van der Waals surface area contributed by atoms with Gasteiger partial charge in [-0.05, 0) is 49.2 Å². The van der Waals surface area contributed by atoms with E-state index in [4.69, 9.17) is 10.2 Å². The van der Waals surface area contributed by atoms with E-state index in [0.29, 0.717) is 11.6 Å². The molecule has 2 heterocycles. The molecule has 2 aromatic carbocycles. The van der Waals surface area contributed by atoms with Crippen LogP contribution in [0.3, 0.4) is 0 Å². The minimum atomic E-state index is 0.582. The first-order chi connectivity index (χ1) is 12.2. The SMILES string of the molecule is CC(C)N1CCc2nc3cc(-c4ccc(C#N)cc4)ccc3n2CC1. The molecular formula is C21H22N4. The van der Waals surface area contributed by atoms with Gasteiger partial charge in [0.05, 0.1) is 22.7 Å². The Hall–Kier alpha value is -2.64. The fourth-order valence-corrected chi connectivity index (χ4v) is 3.64. The van der Waals surface area contributed by atoms with Crippen LogP contribution in [0.5, 0.6) is 0 Å². The Balaban J connectivity index is 1.68. The summed E-state index contributed by atoms with van der Waals surface area (Å²) in [4.78, 5) is 7.43. The molecule has 0 saturated heterocycles. The lowest BCUT2D eigenvalue weighted by Gasteiger charge is -2.23. The molecule has 0 radical (unpaired) electrons. The van der Waals surface area contributed by atoms with Crippen molar-refractivity contribution in [1.29, 1.82) is 5.26 Å². The van der Waals surface area contributed by atoms with Gasteiger partial charge in [0.15, 0.2) is 0 Å². The molecule has 0 unspecified atom stereocenters. The first kappa shape index (κ1) is 15.9. The first-order valence-corrected chi connectivity index (χ1v) is 8.89. The summed E-state index contributed by atoms with van der Waals surface area (Å²) < 4.78 is 2.38. The second kappa shape index (κ2) is 6.34. The summed E-state index contributed by atoms with van der Waals surface area (Å²) in [5.41, 5.74) is 5.24. The van der Waals surface area contributed by atoms with Gasteiger partial charge in [0, 0.05) is 32.1 Å². The number of nitriles is 1. The van der Waals surface area contributed by atoms with E-state index in [2.05, 4.69) is 47.6 Å². The smallest absolute Gasteiger partial charge is 0.111 e. The molecular weight excluding hydrogens is 308 g/mol. The fraction of sp³-hybridized carbons (Fsp3) is 0.333. The predicted molar refractivity (Wildman–Crippen MR) is 100 cm³/mol. The lowest BCUT2D eigenvalue weighted by Crippen LogP contribution is -2.33. The normalized spacial score (nSPS) is 15.1. The minimum absolute atomic E-state index is 0.582. The van der Waals surface area contributed by atoms with Gasteiger partial charge in [-0.1, -0.05) is 18.2 Å². The molecule has 0 fully saturated rings. The molecule has 1 aromatic heterocycles. The van der Waals surface area contributed by atoms with Gasteiger partial charge in [-0.15, -0.1) is 0 Å². The lowest BCUT2D eigenvalue weighted by molar-refractivity contribution is 0.227. The van der Waals surface area contributed by atoms with Gasteiger partial charge in [-0.3, -0.25) is 4.90 Å². The largest absolute Gasteiger partial charge is 0.327 e. The van der Waals surface area contributed by atoms with Gasteiger partial charge < -0.3 is 4.57 Å². The third kappa shape index (κ3) is 2.92. The maximum absolute atomic E-state index is 8.94. The highest BCUT2D eigenvalue weighted by Gasteiger charge is 2.19. The van der Waals surface area contributed by atoms with E-state index in [1.165, 1.54) is 11.3 Å². The van der Waals surface area contributed by atoms with Crippen molar-refractivity contribution in [1.82, 2.24) is 14.5 Å². The van der Waals surface area contributed by atoms with Crippen LogP contribution in [-0.4, -0.2) is 33.6 Å². The van der Waals surface area contributed by atoms with E-state index < -0.39 is 0 Å². The van der Waals surface area contributed by atoms with Crippen molar-refractivity contribution in [3.63, 3.8) is 0 Å². The van der Waals surface area contributed by atoms with Crippen molar-refractivity contribution < 1.29 is 0 Å². The van der Waals surface area contributed by atoms with Gasteiger partial charge in [0.1, 0.15) is 5.82 Å². The van der Waals surface area contributed by atoms with Crippen LogP contribution >= 0.6 is 0 Å². The first-order valence-electron chi connectivity index (χ1n) is 8.89. The Morgan fingerprint density at radius 3 is 2.48 bits per heavy atom. The maximum Gasteiger partial charge on any atom is 0.111 e. The molecule has 1 aliphatic rings. The number of aromatic nitrogens is 2. The lowest BCUT2D eigenvalue weighted by atomic mass is 10.0. The van der Waals surface area contributed by atoms with Gasteiger partial charge in [-0.2, -0.15) is 5.26 Å². The molecule has 0 spiro atoms. The van der Waals surface area contributed by atoms with Crippen molar-refractivity contribution in [3.8, 4) is 17.2 Å².